The highest BCUT2D eigenvalue weighted by molar-refractivity contribution is 5.96. The topological polar surface area (TPSA) is 69.8 Å². The minimum Gasteiger partial charge on any atom is -0.352 e. The third-order valence-electron chi connectivity index (χ3n) is 3.31. The van der Waals surface area contributed by atoms with Gasteiger partial charge in [0, 0.05) is 12.2 Å². The molecule has 94 valence electrons. The van der Waals surface area contributed by atoms with Crippen molar-refractivity contribution >= 4 is 5.91 Å². The van der Waals surface area contributed by atoms with Crippen LogP contribution in [0.5, 0.6) is 0 Å². The summed E-state index contributed by atoms with van der Waals surface area (Å²) in [6.07, 6.45) is 2.39. The molecule has 1 unspecified atom stereocenters. The first kappa shape index (κ1) is 12.1. The molecule has 1 fully saturated rings. The average Bonchev–Trinajstić information content (AvgIpc) is 2.67. The molecule has 0 radical (unpaired) electrons. The summed E-state index contributed by atoms with van der Waals surface area (Å²) in [7, 11) is 0. The summed E-state index contributed by atoms with van der Waals surface area (Å²) in [5.41, 5.74) is 2.29. The summed E-state index contributed by atoms with van der Waals surface area (Å²) in [6, 6.07) is 0. The molecule has 17 heavy (non-hydrogen) atoms. The molecule has 0 aliphatic carbocycles. The molecule has 2 rings (SSSR count). The number of nitrogens with one attached hydrogen (secondary N) is 3. The molecule has 0 bridgehead atoms. The van der Waals surface area contributed by atoms with E-state index < -0.39 is 0 Å². The Labute approximate surface area is 101 Å². The van der Waals surface area contributed by atoms with Crippen LogP contribution in [0.1, 0.15) is 34.6 Å². The van der Waals surface area contributed by atoms with E-state index in [1.807, 2.05) is 13.8 Å². The highest BCUT2D eigenvalue weighted by Crippen LogP contribution is 2.11. The van der Waals surface area contributed by atoms with Crippen LogP contribution in [0.4, 0.5) is 0 Å². The smallest absolute Gasteiger partial charge is 0.255 e. The molecule has 5 nitrogen and oxygen atoms in total. The van der Waals surface area contributed by atoms with Crippen LogP contribution in [0.15, 0.2) is 0 Å². The molecular weight excluding hydrogens is 216 g/mol. The Balaban J connectivity index is 1.89. The fourth-order valence-corrected chi connectivity index (χ4v) is 2.31. The lowest BCUT2D eigenvalue weighted by Crippen LogP contribution is -2.38. The monoisotopic (exact) mass is 236 g/mol. The van der Waals surface area contributed by atoms with Crippen molar-refractivity contribution in [3.05, 3.63) is 17.0 Å². The molecule has 0 aromatic carbocycles. The highest BCUT2D eigenvalue weighted by atomic mass is 16.1. The van der Waals surface area contributed by atoms with Gasteiger partial charge in [-0.05, 0) is 45.7 Å². The fraction of sp³-hybridized carbons (Fsp3) is 0.667. The molecule has 0 saturated carbocycles. The molecular formula is C12H20N4O. The first-order valence-corrected chi connectivity index (χ1v) is 6.19. The number of rotatable bonds is 3. The first-order chi connectivity index (χ1) is 8.18. The number of aryl methyl sites for hydroxylation is 2. The Morgan fingerprint density at radius 3 is 2.94 bits per heavy atom. The van der Waals surface area contributed by atoms with E-state index in [1.165, 1.54) is 12.8 Å². The molecule has 1 amide bonds. The average molecular weight is 236 g/mol. The molecule has 1 aromatic rings. The summed E-state index contributed by atoms with van der Waals surface area (Å²) in [6.45, 7) is 6.57. The quantitative estimate of drug-likeness (QED) is 0.725. The van der Waals surface area contributed by atoms with Crippen LogP contribution >= 0.6 is 0 Å². The van der Waals surface area contributed by atoms with Crippen LogP contribution in [0.25, 0.3) is 0 Å². The zero-order valence-electron chi connectivity index (χ0n) is 10.5. The maximum absolute atomic E-state index is 12.0. The second-order valence-corrected chi connectivity index (χ2v) is 4.73. The van der Waals surface area contributed by atoms with E-state index in [4.69, 9.17) is 0 Å². The van der Waals surface area contributed by atoms with Crippen molar-refractivity contribution < 1.29 is 4.79 Å². The molecule has 1 aliphatic heterocycles. The Hall–Kier alpha value is -1.36. The number of amides is 1. The number of piperidine rings is 1. The van der Waals surface area contributed by atoms with Crippen molar-refractivity contribution in [1.82, 2.24) is 20.8 Å². The van der Waals surface area contributed by atoms with E-state index in [0.717, 1.165) is 31.0 Å². The molecule has 1 aromatic heterocycles. The van der Waals surface area contributed by atoms with E-state index in [9.17, 15) is 4.79 Å². The van der Waals surface area contributed by atoms with Gasteiger partial charge in [0.2, 0.25) is 0 Å². The predicted octanol–water partition coefficient (Wildman–Crippen LogP) is 0.756. The maximum Gasteiger partial charge on any atom is 0.255 e. The third-order valence-corrected chi connectivity index (χ3v) is 3.31. The summed E-state index contributed by atoms with van der Waals surface area (Å²) < 4.78 is 0. The van der Waals surface area contributed by atoms with Crippen molar-refractivity contribution in [3.63, 3.8) is 0 Å². The second-order valence-electron chi connectivity index (χ2n) is 4.73. The standard InChI is InChI=1S/C12H20N4O/c1-8-11(9(2)16-15-8)12(17)14-7-10-4-3-5-13-6-10/h10,13H,3-7H2,1-2H3,(H,14,17)(H,15,16). The molecule has 3 N–H and O–H groups in total. The summed E-state index contributed by atoms with van der Waals surface area (Å²) in [5, 5.41) is 13.2. The fourth-order valence-electron chi connectivity index (χ4n) is 2.31. The minimum atomic E-state index is -0.0145. The van der Waals surface area contributed by atoms with Gasteiger partial charge in [-0.3, -0.25) is 9.89 Å². The van der Waals surface area contributed by atoms with E-state index in [1.54, 1.807) is 0 Å². The number of carbonyl (C=O) groups excluding carboxylic acids is 1. The summed E-state index contributed by atoms with van der Waals surface area (Å²) in [5.74, 6) is 0.541. The molecule has 1 saturated heterocycles. The lowest BCUT2D eigenvalue weighted by molar-refractivity contribution is 0.0943. The number of H-pyrrole nitrogens is 1. The van der Waals surface area contributed by atoms with Gasteiger partial charge in [0.1, 0.15) is 0 Å². The van der Waals surface area contributed by atoms with Gasteiger partial charge < -0.3 is 10.6 Å². The lowest BCUT2D eigenvalue weighted by Gasteiger charge is -2.22. The number of aromatic amines is 1. The van der Waals surface area contributed by atoms with Gasteiger partial charge in [-0.25, -0.2) is 0 Å². The molecule has 5 heteroatoms. The normalized spacial score (nSPS) is 20.2. The van der Waals surface area contributed by atoms with Crippen molar-refractivity contribution in [1.29, 1.82) is 0 Å². The van der Waals surface area contributed by atoms with Crippen molar-refractivity contribution in [2.45, 2.75) is 26.7 Å². The van der Waals surface area contributed by atoms with Gasteiger partial charge in [0.05, 0.1) is 11.3 Å². The summed E-state index contributed by atoms with van der Waals surface area (Å²) in [4.78, 5) is 12.0. The van der Waals surface area contributed by atoms with Crippen LogP contribution in [0.2, 0.25) is 0 Å². The Morgan fingerprint density at radius 2 is 2.35 bits per heavy atom. The number of aromatic nitrogens is 2. The Morgan fingerprint density at radius 1 is 1.53 bits per heavy atom. The zero-order chi connectivity index (χ0) is 12.3. The van der Waals surface area contributed by atoms with Gasteiger partial charge >= 0.3 is 0 Å². The number of nitrogens with zero attached hydrogens (tertiary/aromatic N) is 1. The molecule has 1 atom stereocenters. The SMILES string of the molecule is Cc1n[nH]c(C)c1C(=O)NCC1CCCNC1. The van der Waals surface area contributed by atoms with E-state index >= 15 is 0 Å². The van der Waals surface area contributed by atoms with Crippen molar-refractivity contribution in [2.24, 2.45) is 5.92 Å². The van der Waals surface area contributed by atoms with Crippen LogP contribution < -0.4 is 10.6 Å². The van der Waals surface area contributed by atoms with Crippen molar-refractivity contribution in [2.75, 3.05) is 19.6 Å². The second kappa shape index (κ2) is 5.31. The third kappa shape index (κ3) is 2.85. The lowest BCUT2D eigenvalue weighted by atomic mass is 9.99. The number of hydrogen-bond acceptors (Lipinski definition) is 3. The first-order valence-electron chi connectivity index (χ1n) is 6.19. The molecule has 2 heterocycles. The van der Waals surface area contributed by atoms with Crippen LogP contribution in [0.3, 0.4) is 0 Å². The van der Waals surface area contributed by atoms with E-state index in [-0.39, 0.29) is 5.91 Å². The van der Waals surface area contributed by atoms with E-state index in [2.05, 4.69) is 20.8 Å². The maximum atomic E-state index is 12.0. The number of hydrogen-bond donors (Lipinski definition) is 3. The Bertz CT molecular complexity index is 374. The molecule has 1 aliphatic rings. The van der Waals surface area contributed by atoms with Crippen LogP contribution in [-0.2, 0) is 0 Å². The predicted molar refractivity (Wildman–Crippen MR) is 66.0 cm³/mol. The van der Waals surface area contributed by atoms with Crippen LogP contribution in [-0.4, -0.2) is 35.7 Å². The van der Waals surface area contributed by atoms with Crippen molar-refractivity contribution in [3.8, 4) is 0 Å². The van der Waals surface area contributed by atoms with Crippen LogP contribution in [0, 0.1) is 19.8 Å². The van der Waals surface area contributed by atoms with Gasteiger partial charge in [-0.2, -0.15) is 5.10 Å². The zero-order valence-corrected chi connectivity index (χ0v) is 10.5. The highest BCUT2D eigenvalue weighted by Gasteiger charge is 2.18. The van der Waals surface area contributed by atoms with E-state index in [0.29, 0.717) is 11.5 Å². The van der Waals surface area contributed by atoms with Gasteiger partial charge in [0.15, 0.2) is 0 Å². The Kier molecular flexibility index (Phi) is 3.78. The van der Waals surface area contributed by atoms with Gasteiger partial charge in [-0.15, -0.1) is 0 Å². The largest absolute Gasteiger partial charge is 0.352 e. The minimum absolute atomic E-state index is 0.0145. The number of carbonyl (C=O) groups is 1. The van der Waals surface area contributed by atoms with Gasteiger partial charge in [-0.1, -0.05) is 0 Å². The van der Waals surface area contributed by atoms with Gasteiger partial charge in [0.25, 0.3) is 5.91 Å². The molecule has 0 spiro atoms. The summed E-state index contributed by atoms with van der Waals surface area (Å²) >= 11 is 0.